The smallest absolute Gasteiger partial charge is 0.295 e. The standard InChI is InChI=1S/C29H36N2O5/c1-3-4-17-36-24-8-5-7-23(20-24)26-25(27(32)22-11-9-21(2)10-12-22)28(33)29(34)31(26)14-6-13-30-15-18-35-19-16-30/h5,7-12,20,26,32H,3-4,6,13-19H2,1-2H3/b27-25-. The molecule has 1 N–H and O–H groups in total. The molecule has 1 amide bonds. The van der Waals surface area contributed by atoms with E-state index in [1.807, 2.05) is 43.3 Å². The van der Waals surface area contributed by atoms with Gasteiger partial charge >= 0.3 is 0 Å². The van der Waals surface area contributed by atoms with Gasteiger partial charge in [-0.3, -0.25) is 14.5 Å². The number of aliphatic hydroxyl groups is 1. The number of hydrogen-bond donors (Lipinski definition) is 1. The molecule has 7 heteroatoms. The van der Waals surface area contributed by atoms with Crippen LogP contribution in [0.4, 0.5) is 0 Å². The molecule has 1 unspecified atom stereocenters. The SMILES string of the molecule is CCCCOc1cccc(C2/C(=C(/O)c3ccc(C)cc3)C(=O)C(=O)N2CCCN2CCOCC2)c1. The summed E-state index contributed by atoms with van der Waals surface area (Å²) in [4.78, 5) is 30.4. The van der Waals surface area contributed by atoms with Gasteiger partial charge in [0.2, 0.25) is 0 Å². The van der Waals surface area contributed by atoms with Crippen LogP contribution in [-0.4, -0.2) is 72.6 Å². The van der Waals surface area contributed by atoms with E-state index in [1.54, 1.807) is 17.0 Å². The quantitative estimate of drug-likeness (QED) is 0.230. The first kappa shape index (κ1) is 25.9. The molecule has 2 fully saturated rings. The van der Waals surface area contributed by atoms with Gasteiger partial charge in [0.25, 0.3) is 11.7 Å². The van der Waals surface area contributed by atoms with Crippen LogP contribution < -0.4 is 4.74 Å². The monoisotopic (exact) mass is 492 g/mol. The second-order valence-corrected chi connectivity index (χ2v) is 9.44. The first-order valence-corrected chi connectivity index (χ1v) is 12.9. The van der Waals surface area contributed by atoms with Crippen molar-refractivity contribution in [2.24, 2.45) is 0 Å². The summed E-state index contributed by atoms with van der Waals surface area (Å²) in [6, 6.07) is 14.2. The highest BCUT2D eigenvalue weighted by Crippen LogP contribution is 2.40. The van der Waals surface area contributed by atoms with Gasteiger partial charge in [0.05, 0.1) is 31.4 Å². The molecule has 2 saturated heterocycles. The number of hydrogen-bond acceptors (Lipinski definition) is 6. The van der Waals surface area contributed by atoms with E-state index in [1.165, 1.54) is 0 Å². The second kappa shape index (κ2) is 12.2. The van der Waals surface area contributed by atoms with Crippen LogP contribution in [0.15, 0.2) is 54.1 Å². The molecule has 0 aromatic heterocycles. The summed E-state index contributed by atoms with van der Waals surface area (Å²) in [6.45, 7) is 9.06. The number of amides is 1. The zero-order valence-electron chi connectivity index (χ0n) is 21.2. The van der Waals surface area contributed by atoms with Crippen molar-refractivity contribution in [3.8, 4) is 5.75 Å². The highest BCUT2D eigenvalue weighted by molar-refractivity contribution is 6.46. The van der Waals surface area contributed by atoms with Crippen molar-refractivity contribution in [3.05, 3.63) is 70.8 Å². The average molecular weight is 493 g/mol. The number of aliphatic hydroxyl groups excluding tert-OH is 1. The lowest BCUT2D eigenvalue weighted by molar-refractivity contribution is -0.140. The third-order valence-corrected chi connectivity index (χ3v) is 6.78. The van der Waals surface area contributed by atoms with Gasteiger partial charge in [0.15, 0.2) is 0 Å². The van der Waals surface area contributed by atoms with Gasteiger partial charge in [-0.1, -0.05) is 55.3 Å². The lowest BCUT2D eigenvalue weighted by Crippen LogP contribution is -2.38. The molecule has 2 aliphatic heterocycles. The van der Waals surface area contributed by atoms with Crippen LogP contribution in [-0.2, 0) is 14.3 Å². The van der Waals surface area contributed by atoms with Gasteiger partial charge < -0.3 is 19.5 Å². The molecule has 7 nitrogen and oxygen atoms in total. The number of rotatable bonds is 10. The number of benzene rings is 2. The predicted octanol–water partition coefficient (Wildman–Crippen LogP) is 4.32. The van der Waals surface area contributed by atoms with Crippen LogP contribution >= 0.6 is 0 Å². The summed E-state index contributed by atoms with van der Waals surface area (Å²) in [5.41, 5.74) is 2.44. The molecule has 0 bridgehead atoms. The van der Waals surface area contributed by atoms with Crippen LogP contribution in [0.1, 0.15) is 48.9 Å². The number of carbonyl (C=O) groups excluding carboxylic acids is 2. The van der Waals surface area contributed by atoms with E-state index in [4.69, 9.17) is 9.47 Å². The fourth-order valence-electron chi connectivity index (χ4n) is 4.72. The molecule has 2 aliphatic rings. The minimum absolute atomic E-state index is 0.126. The Bertz CT molecular complexity index is 1090. The van der Waals surface area contributed by atoms with E-state index in [9.17, 15) is 14.7 Å². The summed E-state index contributed by atoms with van der Waals surface area (Å²) in [5.74, 6) is -0.684. The van der Waals surface area contributed by atoms with Crippen LogP contribution in [0.25, 0.3) is 5.76 Å². The van der Waals surface area contributed by atoms with Gasteiger partial charge in [0, 0.05) is 31.7 Å². The number of Topliss-reactive ketones (excluding diaryl/α,β-unsaturated/α-hetero) is 1. The van der Waals surface area contributed by atoms with E-state index < -0.39 is 17.7 Å². The minimum Gasteiger partial charge on any atom is -0.507 e. The first-order valence-electron chi connectivity index (χ1n) is 12.9. The number of aryl methyl sites for hydroxylation is 1. The maximum Gasteiger partial charge on any atom is 0.295 e. The van der Waals surface area contributed by atoms with Gasteiger partial charge in [-0.15, -0.1) is 0 Å². The largest absolute Gasteiger partial charge is 0.507 e. The number of carbonyl (C=O) groups is 2. The number of unbranched alkanes of at least 4 members (excludes halogenated alkanes) is 1. The molecule has 2 aromatic carbocycles. The molecule has 36 heavy (non-hydrogen) atoms. The molecule has 0 saturated carbocycles. The molecular weight excluding hydrogens is 456 g/mol. The molecule has 2 heterocycles. The Kier molecular flexibility index (Phi) is 8.78. The molecule has 192 valence electrons. The summed E-state index contributed by atoms with van der Waals surface area (Å²) < 4.78 is 11.3. The van der Waals surface area contributed by atoms with E-state index in [-0.39, 0.29) is 11.3 Å². The van der Waals surface area contributed by atoms with E-state index in [0.29, 0.717) is 37.7 Å². The van der Waals surface area contributed by atoms with Crippen LogP contribution in [0, 0.1) is 6.92 Å². The zero-order valence-corrected chi connectivity index (χ0v) is 21.2. The normalized spacial score (nSPS) is 20.2. The van der Waals surface area contributed by atoms with Crippen molar-refractivity contribution < 1.29 is 24.2 Å². The highest BCUT2D eigenvalue weighted by Gasteiger charge is 2.46. The van der Waals surface area contributed by atoms with Crippen molar-refractivity contribution in [1.82, 2.24) is 9.80 Å². The van der Waals surface area contributed by atoms with E-state index >= 15 is 0 Å². The Balaban J connectivity index is 1.66. The summed E-state index contributed by atoms with van der Waals surface area (Å²) in [6.07, 6.45) is 2.69. The zero-order chi connectivity index (χ0) is 25.5. The Morgan fingerprint density at radius 3 is 2.53 bits per heavy atom. The number of likely N-dealkylation sites (tertiary alicyclic amines) is 1. The summed E-state index contributed by atoms with van der Waals surface area (Å²) >= 11 is 0. The van der Waals surface area contributed by atoms with Crippen molar-refractivity contribution in [2.75, 3.05) is 46.0 Å². The number of ketones is 1. The third kappa shape index (κ3) is 5.97. The fraction of sp³-hybridized carbons (Fsp3) is 0.448. The molecule has 0 radical (unpaired) electrons. The molecule has 4 rings (SSSR count). The van der Waals surface area contributed by atoms with Gasteiger partial charge in [-0.25, -0.2) is 0 Å². The Hall–Kier alpha value is -3.16. The fourth-order valence-corrected chi connectivity index (χ4v) is 4.72. The maximum absolute atomic E-state index is 13.3. The molecule has 0 aliphatic carbocycles. The molecule has 0 spiro atoms. The Morgan fingerprint density at radius 2 is 1.81 bits per heavy atom. The first-order chi connectivity index (χ1) is 17.5. The van der Waals surface area contributed by atoms with E-state index in [0.717, 1.165) is 50.0 Å². The van der Waals surface area contributed by atoms with E-state index in [2.05, 4.69) is 11.8 Å². The van der Waals surface area contributed by atoms with Gasteiger partial charge in [0.1, 0.15) is 11.5 Å². The lowest BCUT2D eigenvalue weighted by atomic mass is 9.95. The van der Waals surface area contributed by atoms with Crippen molar-refractivity contribution in [3.63, 3.8) is 0 Å². The van der Waals surface area contributed by atoms with Crippen LogP contribution in [0.2, 0.25) is 0 Å². The molecular formula is C29H36N2O5. The second-order valence-electron chi connectivity index (χ2n) is 9.44. The van der Waals surface area contributed by atoms with Crippen LogP contribution in [0.3, 0.4) is 0 Å². The number of morpholine rings is 1. The highest BCUT2D eigenvalue weighted by atomic mass is 16.5. The van der Waals surface area contributed by atoms with Crippen molar-refractivity contribution in [1.29, 1.82) is 0 Å². The molecule has 1 atom stereocenters. The number of ether oxygens (including phenoxy) is 2. The van der Waals surface area contributed by atoms with Crippen LogP contribution in [0.5, 0.6) is 5.75 Å². The Morgan fingerprint density at radius 1 is 1.06 bits per heavy atom. The van der Waals surface area contributed by atoms with Gasteiger partial charge in [-0.2, -0.15) is 0 Å². The molecule has 2 aromatic rings. The third-order valence-electron chi connectivity index (χ3n) is 6.78. The van der Waals surface area contributed by atoms with Gasteiger partial charge in [-0.05, 0) is 37.5 Å². The number of nitrogens with zero attached hydrogens (tertiary/aromatic N) is 2. The Labute approximate surface area is 213 Å². The average Bonchev–Trinajstić information content (AvgIpc) is 3.15. The summed E-state index contributed by atoms with van der Waals surface area (Å²) in [5, 5.41) is 11.2. The topological polar surface area (TPSA) is 79.3 Å². The minimum atomic E-state index is -0.675. The summed E-state index contributed by atoms with van der Waals surface area (Å²) in [7, 11) is 0. The lowest BCUT2D eigenvalue weighted by Gasteiger charge is -2.29. The van der Waals surface area contributed by atoms with Crippen molar-refractivity contribution in [2.45, 2.75) is 39.2 Å². The maximum atomic E-state index is 13.3. The predicted molar refractivity (Wildman–Crippen MR) is 139 cm³/mol. The van der Waals surface area contributed by atoms with Crippen molar-refractivity contribution >= 4 is 17.4 Å².